The third kappa shape index (κ3) is 2.81. The fraction of sp³-hybridized carbons (Fsp3) is 0.250. The number of carbonyl (C=O) groups is 2. The maximum atomic E-state index is 12.3. The van der Waals surface area contributed by atoms with Gasteiger partial charge < -0.3 is 14.2 Å². The molecular formula is C16H16O5. The molecule has 5 nitrogen and oxygen atoms in total. The van der Waals surface area contributed by atoms with Crippen molar-refractivity contribution < 1.29 is 23.8 Å². The van der Waals surface area contributed by atoms with Crippen molar-refractivity contribution >= 4 is 22.5 Å². The maximum absolute atomic E-state index is 12.3. The lowest BCUT2D eigenvalue weighted by molar-refractivity contribution is -0.137. The van der Waals surface area contributed by atoms with Crippen molar-refractivity contribution in [1.29, 1.82) is 0 Å². The number of hydrogen-bond acceptors (Lipinski definition) is 5. The van der Waals surface area contributed by atoms with E-state index in [1.54, 1.807) is 25.1 Å². The third-order valence-corrected chi connectivity index (χ3v) is 3.10. The maximum Gasteiger partial charge on any atom is 0.379 e. The molecule has 2 rings (SSSR count). The van der Waals surface area contributed by atoms with Crippen LogP contribution in [0, 0.1) is 0 Å². The van der Waals surface area contributed by atoms with Crippen molar-refractivity contribution in [3.8, 4) is 11.5 Å². The van der Waals surface area contributed by atoms with Crippen molar-refractivity contribution in [2.24, 2.45) is 0 Å². The Hall–Kier alpha value is -2.56. The van der Waals surface area contributed by atoms with Gasteiger partial charge >= 0.3 is 5.97 Å². The summed E-state index contributed by atoms with van der Waals surface area (Å²) in [4.78, 5) is 24.1. The number of ether oxygens (including phenoxy) is 3. The number of carbonyl (C=O) groups excluding carboxylic acids is 2. The summed E-state index contributed by atoms with van der Waals surface area (Å²) in [5.74, 6) is -0.707. The number of hydrogen-bond donors (Lipinski definition) is 0. The van der Waals surface area contributed by atoms with Crippen LogP contribution in [0.1, 0.15) is 17.3 Å². The summed E-state index contributed by atoms with van der Waals surface area (Å²) in [6, 6.07) is 8.77. The molecule has 0 aliphatic carbocycles. The molecule has 21 heavy (non-hydrogen) atoms. The molecule has 2 aromatic carbocycles. The number of esters is 1. The van der Waals surface area contributed by atoms with Crippen LogP contribution in [0.15, 0.2) is 30.3 Å². The molecule has 0 N–H and O–H groups in total. The normalized spacial score (nSPS) is 10.2. The standard InChI is InChI=1S/C16H16O5/c1-4-21-16(18)15(17)14-12-9-11(19-2)7-5-10(12)6-8-13(14)20-3/h5-9H,4H2,1-3H3. The molecule has 0 aromatic heterocycles. The highest BCUT2D eigenvalue weighted by atomic mass is 16.5. The van der Waals surface area contributed by atoms with Gasteiger partial charge in [-0.15, -0.1) is 0 Å². The minimum Gasteiger partial charge on any atom is -0.497 e. The van der Waals surface area contributed by atoms with Crippen LogP contribution in [0.25, 0.3) is 10.8 Å². The Morgan fingerprint density at radius 1 is 1.05 bits per heavy atom. The van der Waals surface area contributed by atoms with Gasteiger partial charge in [-0.05, 0) is 30.5 Å². The van der Waals surface area contributed by atoms with E-state index in [0.717, 1.165) is 5.39 Å². The van der Waals surface area contributed by atoms with Crippen molar-refractivity contribution in [2.75, 3.05) is 20.8 Å². The van der Waals surface area contributed by atoms with Crippen LogP contribution in [0.3, 0.4) is 0 Å². The molecule has 0 radical (unpaired) electrons. The van der Waals surface area contributed by atoms with Gasteiger partial charge in [0.15, 0.2) is 0 Å². The molecule has 0 bridgehead atoms. The molecule has 0 amide bonds. The topological polar surface area (TPSA) is 61.8 Å². The number of fused-ring (bicyclic) bond motifs is 1. The van der Waals surface area contributed by atoms with E-state index in [4.69, 9.17) is 14.2 Å². The van der Waals surface area contributed by atoms with Crippen LogP contribution in [-0.4, -0.2) is 32.6 Å². The van der Waals surface area contributed by atoms with Gasteiger partial charge in [-0.3, -0.25) is 4.79 Å². The Labute approximate surface area is 122 Å². The number of ketones is 1. The molecular weight excluding hydrogens is 272 g/mol. The van der Waals surface area contributed by atoms with E-state index in [1.165, 1.54) is 14.2 Å². The zero-order valence-corrected chi connectivity index (χ0v) is 12.1. The predicted molar refractivity (Wildman–Crippen MR) is 78.0 cm³/mol. The van der Waals surface area contributed by atoms with Gasteiger partial charge in [0, 0.05) is 5.39 Å². The van der Waals surface area contributed by atoms with Gasteiger partial charge in [-0.1, -0.05) is 12.1 Å². The Kier molecular flexibility index (Phi) is 4.42. The van der Waals surface area contributed by atoms with Crippen LogP contribution < -0.4 is 9.47 Å². The largest absolute Gasteiger partial charge is 0.497 e. The summed E-state index contributed by atoms with van der Waals surface area (Å²) in [5.41, 5.74) is 0.187. The Bertz CT molecular complexity index is 685. The van der Waals surface area contributed by atoms with Gasteiger partial charge in [0.25, 0.3) is 5.78 Å². The van der Waals surface area contributed by atoms with E-state index >= 15 is 0 Å². The van der Waals surface area contributed by atoms with Gasteiger partial charge in [0.2, 0.25) is 0 Å². The lowest BCUT2D eigenvalue weighted by atomic mass is 10.00. The first-order valence-corrected chi connectivity index (χ1v) is 6.48. The van der Waals surface area contributed by atoms with Crippen molar-refractivity contribution in [2.45, 2.75) is 6.92 Å². The summed E-state index contributed by atoms with van der Waals surface area (Å²) in [7, 11) is 2.98. The highest BCUT2D eigenvalue weighted by molar-refractivity contribution is 6.43. The van der Waals surface area contributed by atoms with E-state index in [2.05, 4.69) is 0 Å². The van der Waals surface area contributed by atoms with E-state index in [0.29, 0.717) is 16.9 Å². The first kappa shape index (κ1) is 14.8. The molecule has 0 atom stereocenters. The summed E-state index contributed by atoms with van der Waals surface area (Å²) in [5, 5.41) is 1.40. The second-order valence-electron chi connectivity index (χ2n) is 4.28. The molecule has 0 heterocycles. The average Bonchev–Trinajstić information content (AvgIpc) is 2.52. The Morgan fingerprint density at radius 3 is 2.38 bits per heavy atom. The quantitative estimate of drug-likeness (QED) is 0.481. The minimum absolute atomic E-state index is 0.140. The molecule has 110 valence electrons. The Balaban J connectivity index is 2.67. The van der Waals surface area contributed by atoms with E-state index in [1.807, 2.05) is 12.1 Å². The first-order chi connectivity index (χ1) is 10.1. The first-order valence-electron chi connectivity index (χ1n) is 6.48. The van der Waals surface area contributed by atoms with Crippen LogP contribution in [-0.2, 0) is 9.53 Å². The van der Waals surface area contributed by atoms with Gasteiger partial charge in [-0.2, -0.15) is 0 Å². The fourth-order valence-electron chi connectivity index (χ4n) is 2.11. The monoisotopic (exact) mass is 288 g/mol. The van der Waals surface area contributed by atoms with Crippen LogP contribution in [0.4, 0.5) is 0 Å². The molecule has 0 spiro atoms. The van der Waals surface area contributed by atoms with Gasteiger partial charge in [0.05, 0.1) is 26.4 Å². The summed E-state index contributed by atoms with van der Waals surface area (Å²) in [6.07, 6.45) is 0. The molecule has 0 aliphatic heterocycles. The zero-order valence-electron chi connectivity index (χ0n) is 12.1. The number of rotatable bonds is 5. The molecule has 0 saturated heterocycles. The minimum atomic E-state index is -0.897. The van der Waals surface area contributed by atoms with Gasteiger partial charge in [0.1, 0.15) is 11.5 Å². The smallest absolute Gasteiger partial charge is 0.379 e. The highest BCUT2D eigenvalue weighted by Crippen LogP contribution is 2.31. The van der Waals surface area contributed by atoms with Crippen LogP contribution in [0.5, 0.6) is 11.5 Å². The molecule has 2 aromatic rings. The van der Waals surface area contributed by atoms with Crippen LogP contribution in [0.2, 0.25) is 0 Å². The number of methoxy groups -OCH3 is 2. The predicted octanol–water partition coefficient (Wildman–Crippen LogP) is 2.60. The SMILES string of the molecule is CCOC(=O)C(=O)c1c(OC)ccc2ccc(OC)cc12. The van der Waals surface area contributed by atoms with Crippen molar-refractivity contribution in [3.63, 3.8) is 0 Å². The second kappa shape index (κ2) is 6.26. The van der Waals surface area contributed by atoms with Crippen molar-refractivity contribution in [3.05, 3.63) is 35.9 Å². The molecule has 5 heteroatoms. The molecule has 0 unspecified atom stereocenters. The van der Waals surface area contributed by atoms with E-state index in [-0.39, 0.29) is 12.2 Å². The van der Waals surface area contributed by atoms with E-state index in [9.17, 15) is 9.59 Å². The average molecular weight is 288 g/mol. The molecule has 0 fully saturated rings. The number of benzene rings is 2. The summed E-state index contributed by atoms with van der Waals surface area (Å²) >= 11 is 0. The fourth-order valence-corrected chi connectivity index (χ4v) is 2.11. The summed E-state index contributed by atoms with van der Waals surface area (Å²) < 4.78 is 15.2. The highest BCUT2D eigenvalue weighted by Gasteiger charge is 2.24. The molecule has 0 saturated carbocycles. The van der Waals surface area contributed by atoms with E-state index < -0.39 is 11.8 Å². The third-order valence-electron chi connectivity index (χ3n) is 3.10. The second-order valence-corrected chi connectivity index (χ2v) is 4.28. The molecule has 0 aliphatic rings. The lowest BCUT2D eigenvalue weighted by Gasteiger charge is -2.11. The van der Waals surface area contributed by atoms with Crippen molar-refractivity contribution in [1.82, 2.24) is 0 Å². The summed E-state index contributed by atoms with van der Waals surface area (Å²) in [6.45, 7) is 1.79. The van der Waals surface area contributed by atoms with Crippen LogP contribution >= 0.6 is 0 Å². The number of Topliss-reactive ketones (excluding diaryl/α,β-unsaturated/α-hetero) is 1. The van der Waals surface area contributed by atoms with Gasteiger partial charge in [-0.25, -0.2) is 4.79 Å². The lowest BCUT2D eigenvalue weighted by Crippen LogP contribution is -2.18. The zero-order chi connectivity index (χ0) is 15.4. The Morgan fingerprint density at radius 2 is 1.76 bits per heavy atom.